The Balaban J connectivity index is 2.70. The van der Waals surface area contributed by atoms with Crippen molar-refractivity contribution >= 4 is 12.0 Å². The fourth-order valence-electron chi connectivity index (χ4n) is 2.26. The molecule has 19 heavy (non-hydrogen) atoms. The maximum Gasteiger partial charge on any atom is 0.326 e. The zero-order valence-corrected chi connectivity index (χ0v) is 12.1. The lowest BCUT2D eigenvalue weighted by molar-refractivity contribution is -0.142. The van der Waals surface area contributed by atoms with Gasteiger partial charge >= 0.3 is 12.0 Å². The highest BCUT2D eigenvalue weighted by atomic mass is 16.4. The van der Waals surface area contributed by atoms with Crippen molar-refractivity contribution in [3.8, 4) is 0 Å². The quantitative estimate of drug-likeness (QED) is 0.700. The molecule has 3 N–H and O–H groups in total. The molecule has 0 aromatic carbocycles. The second kappa shape index (κ2) is 5.36. The molecule has 0 aliphatic carbocycles. The number of hydrogen-bond acceptors (Lipinski definition) is 3. The molecule has 1 unspecified atom stereocenters. The molecule has 1 heterocycles. The van der Waals surface area contributed by atoms with Gasteiger partial charge < -0.3 is 20.4 Å². The number of β-amino-alcohol motifs (C(OH)–C–C–N with tert-alkyl or cyclic N) is 1. The van der Waals surface area contributed by atoms with E-state index >= 15 is 0 Å². The number of carboxylic acids is 1. The number of urea groups is 1. The highest BCUT2D eigenvalue weighted by molar-refractivity contribution is 5.83. The Kier molecular flexibility index (Phi) is 4.45. The topological polar surface area (TPSA) is 89.9 Å². The van der Waals surface area contributed by atoms with Crippen LogP contribution in [0.3, 0.4) is 0 Å². The van der Waals surface area contributed by atoms with Gasteiger partial charge in [0.05, 0.1) is 12.1 Å². The van der Waals surface area contributed by atoms with E-state index in [-0.39, 0.29) is 6.54 Å². The Hall–Kier alpha value is -1.30. The zero-order chi connectivity index (χ0) is 14.8. The Bertz CT molecular complexity index is 360. The van der Waals surface area contributed by atoms with Crippen LogP contribution in [-0.4, -0.2) is 51.8 Å². The molecule has 6 nitrogen and oxygen atoms in total. The molecule has 1 fully saturated rings. The van der Waals surface area contributed by atoms with Crippen molar-refractivity contribution in [2.45, 2.75) is 52.2 Å². The second-order valence-corrected chi connectivity index (χ2v) is 6.61. The van der Waals surface area contributed by atoms with Gasteiger partial charge in [0.25, 0.3) is 0 Å². The van der Waals surface area contributed by atoms with Gasteiger partial charge in [-0.3, -0.25) is 0 Å². The Labute approximate surface area is 113 Å². The molecule has 1 saturated heterocycles. The number of aliphatic hydroxyl groups is 1. The van der Waals surface area contributed by atoms with Crippen LogP contribution in [0.5, 0.6) is 0 Å². The number of piperidine rings is 1. The van der Waals surface area contributed by atoms with E-state index < -0.39 is 29.1 Å². The first-order chi connectivity index (χ1) is 8.53. The summed E-state index contributed by atoms with van der Waals surface area (Å²) in [4.78, 5) is 24.8. The summed E-state index contributed by atoms with van der Waals surface area (Å²) in [5, 5.41) is 21.7. The van der Waals surface area contributed by atoms with Gasteiger partial charge in [0, 0.05) is 6.54 Å². The predicted molar refractivity (Wildman–Crippen MR) is 70.8 cm³/mol. The van der Waals surface area contributed by atoms with Crippen LogP contribution in [0.25, 0.3) is 0 Å². The summed E-state index contributed by atoms with van der Waals surface area (Å²) in [6.45, 7) is 7.74. The Morgan fingerprint density at radius 2 is 1.95 bits per heavy atom. The van der Waals surface area contributed by atoms with E-state index in [1.165, 1.54) is 4.90 Å². The van der Waals surface area contributed by atoms with Gasteiger partial charge in [-0.1, -0.05) is 20.8 Å². The van der Waals surface area contributed by atoms with E-state index in [1.807, 2.05) is 0 Å². The minimum atomic E-state index is -1.05. The summed E-state index contributed by atoms with van der Waals surface area (Å²) < 4.78 is 0. The fourth-order valence-corrected chi connectivity index (χ4v) is 2.26. The van der Waals surface area contributed by atoms with Crippen LogP contribution in [0.4, 0.5) is 4.79 Å². The second-order valence-electron chi connectivity index (χ2n) is 6.61. The smallest absolute Gasteiger partial charge is 0.326 e. The monoisotopic (exact) mass is 272 g/mol. The lowest BCUT2D eigenvalue weighted by Crippen LogP contribution is -2.57. The first kappa shape index (κ1) is 15.8. The van der Waals surface area contributed by atoms with Gasteiger partial charge in [-0.2, -0.15) is 0 Å². The molecule has 6 heteroatoms. The molecule has 0 radical (unpaired) electrons. The third-order valence-electron chi connectivity index (χ3n) is 3.34. The molecule has 110 valence electrons. The molecule has 1 rings (SSSR count). The molecule has 0 bridgehead atoms. The van der Waals surface area contributed by atoms with E-state index in [4.69, 9.17) is 0 Å². The van der Waals surface area contributed by atoms with E-state index in [0.29, 0.717) is 19.4 Å². The van der Waals surface area contributed by atoms with Crippen LogP contribution in [-0.2, 0) is 4.79 Å². The molecule has 1 aliphatic rings. The minimum Gasteiger partial charge on any atom is -0.480 e. The first-order valence-electron chi connectivity index (χ1n) is 6.53. The average molecular weight is 272 g/mol. The fraction of sp³-hybridized carbons (Fsp3) is 0.846. The van der Waals surface area contributed by atoms with Crippen molar-refractivity contribution in [2.24, 2.45) is 5.41 Å². The summed E-state index contributed by atoms with van der Waals surface area (Å²) >= 11 is 0. The zero-order valence-electron chi connectivity index (χ0n) is 12.1. The standard InChI is InChI=1S/C13H24N2O4/c1-12(2,3)9(10(16)17)14-11(18)15-7-5-6-13(4,19)8-15/h9,19H,5-8H2,1-4H3,(H,14,18)(H,16,17)/t9-,13?/m0/s1. The van der Waals surface area contributed by atoms with Crippen LogP contribution in [0.15, 0.2) is 0 Å². The molecule has 2 amide bonds. The van der Waals surface area contributed by atoms with Crippen molar-refractivity contribution in [2.75, 3.05) is 13.1 Å². The lowest BCUT2D eigenvalue weighted by Gasteiger charge is -2.38. The maximum atomic E-state index is 12.1. The van der Waals surface area contributed by atoms with Gasteiger partial charge in [-0.25, -0.2) is 9.59 Å². The summed E-state index contributed by atoms with van der Waals surface area (Å²) in [5.41, 5.74) is -1.46. The van der Waals surface area contributed by atoms with Gasteiger partial charge in [0.2, 0.25) is 0 Å². The maximum absolute atomic E-state index is 12.1. The number of amides is 2. The number of carboxylic acid groups (broad SMARTS) is 1. The van der Waals surface area contributed by atoms with Gasteiger partial charge in [-0.15, -0.1) is 0 Å². The minimum absolute atomic E-state index is 0.231. The van der Waals surface area contributed by atoms with Crippen LogP contribution in [0.2, 0.25) is 0 Å². The van der Waals surface area contributed by atoms with Crippen molar-refractivity contribution in [1.82, 2.24) is 10.2 Å². The molecular weight excluding hydrogens is 248 g/mol. The first-order valence-corrected chi connectivity index (χ1v) is 6.53. The number of nitrogens with one attached hydrogen (secondary N) is 1. The largest absolute Gasteiger partial charge is 0.480 e. The molecule has 2 atom stereocenters. The van der Waals surface area contributed by atoms with E-state index in [1.54, 1.807) is 27.7 Å². The molecule has 0 saturated carbocycles. The van der Waals surface area contributed by atoms with Crippen molar-refractivity contribution in [1.29, 1.82) is 0 Å². The van der Waals surface area contributed by atoms with Crippen molar-refractivity contribution < 1.29 is 19.8 Å². The third kappa shape index (κ3) is 4.38. The normalized spacial score (nSPS) is 25.8. The number of carbonyl (C=O) groups is 2. The Morgan fingerprint density at radius 3 is 2.37 bits per heavy atom. The van der Waals surface area contributed by atoms with Gasteiger partial charge in [0.1, 0.15) is 6.04 Å². The van der Waals surface area contributed by atoms with Crippen LogP contribution >= 0.6 is 0 Å². The molecule has 0 spiro atoms. The number of carbonyl (C=O) groups excluding carboxylic acids is 1. The summed E-state index contributed by atoms with van der Waals surface area (Å²) in [7, 11) is 0. The summed E-state index contributed by atoms with van der Waals surface area (Å²) in [6.07, 6.45) is 1.37. The number of rotatable bonds is 2. The molecular formula is C13H24N2O4. The summed E-state index contributed by atoms with van der Waals surface area (Å²) in [5.74, 6) is -1.05. The highest BCUT2D eigenvalue weighted by Gasteiger charge is 2.36. The van der Waals surface area contributed by atoms with Gasteiger partial charge in [-0.05, 0) is 25.2 Å². The number of aliphatic carboxylic acids is 1. The van der Waals surface area contributed by atoms with E-state index in [0.717, 1.165) is 0 Å². The van der Waals surface area contributed by atoms with Crippen LogP contribution in [0, 0.1) is 5.41 Å². The predicted octanol–water partition coefficient (Wildman–Crippen LogP) is 1.04. The SMILES string of the molecule is CC1(O)CCCN(C(=O)N[C@@H](C(=O)O)C(C)(C)C)C1. The molecule has 0 aromatic rings. The summed E-state index contributed by atoms with van der Waals surface area (Å²) in [6, 6.07) is -1.38. The Morgan fingerprint density at radius 1 is 1.37 bits per heavy atom. The van der Waals surface area contributed by atoms with Crippen LogP contribution in [0.1, 0.15) is 40.5 Å². The van der Waals surface area contributed by atoms with Crippen molar-refractivity contribution in [3.05, 3.63) is 0 Å². The van der Waals surface area contributed by atoms with E-state index in [9.17, 15) is 19.8 Å². The lowest BCUT2D eigenvalue weighted by atomic mass is 9.87. The molecule has 1 aliphatic heterocycles. The number of likely N-dealkylation sites (tertiary alicyclic amines) is 1. The van der Waals surface area contributed by atoms with E-state index in [2.05, 4.69) is 5.32 Å². The average Bonchev–Trinajstić information content (AvgIpc) is 2.21. The van der Waals surface area contributed by atoms with Gasteiger partial charge in [0.15, 0.2) is 0 Å². The number of hydrogen-bond donors (Lipinski definition) is 3. The number of nitrogens with zero attached hydrogens (tertiary/aromatic N) is 1. The molecule has 0 aromatic heterocycles. The van der Waals surface area contributed by atoms with Crippen LogP contribution < -0.4 is 5.32 Å². The highest BCUT2D eigenvalue weighted by Crippen LogP contribution is 2.22. The van der Waals surface area contributed by atoms with Crippen molar-refractivity contribution in [3.63, 3.8) is 0 Å². The third-order valence-corrected chi connectivity index (χ3v) is 3.34.